The van der Waals surface area contributed by atoms with Crippen molar-refractivity contribution in [3.8, 4) is 0 Å². The average Bonchev–Trinajstić information content (AvgIpc) is 2.84. The Morgan fingerprint density at radius 3 is 2.00 bits per heavy atom. The zero-order valence-corrected chi connectivity index (χ0v) is 18.0. The molecule has 32 heavy (non-hydrogen) atoms. The van der Waals surface area contributed by atoms with Crippen molar-refractivity contribution in [1.82, 2.24) is 4.90 Å². The van der Waals surface area contributed by atoms with Gasteiger partial charge < -0.3 is 19.1 Å². The summed E-state index contributed by atoms with van der Waals surface area (Å²) in [6.45, 7) is 0.564. The number of benzene rings is 2. The average molecular weight is 435 g/mol. The van der Waals surface area contributed by atoms with E-state index >= 15 is 0 Å². The quantitative estimate of drug-likeness (QED) is 0.622. The summed E-state index contributed by atoms with van der Waals surface area (Å²) < 4.78 is 16.1. The number of carbonyl (C=O) groups excluding carboxylic acids is 3. The normalized spacial score (nSPS) is 24.0. The van der Waals surface area contributed by atoms with Gasteiger partial charge >= 0.3 is 11.9 Å². The van der Waals surface area contributed by atoms with Crippen LogP contribution in [0.1, 0.15) is 11.1 Å². The van der Waals surface area contributed by atoms with E-state index in [2.05, 4.69) is 0 Å². The van der Waals surface area contributed by atoms with E-state index in [1.165, 1.54) is 14.2 Å². The fourth-order valence-electron chi connectivity index (χ4n) is 4.55. The van der Waals surface area contributed by atoms with E-state index in [4.69, 9.17) is 14.2 Å². The molecule has 4 atom stereocenters. The van der Waals surface area contributed by atoms with Crippen molar-refractivity contribution in [3.05, 3.63) is 83.6 Å². The molecule has 166 valence electrons. The highest BCUT2D eigenvalue weighted by Crippen LogP contribution is 2.45. The van der Waals surface area contributed by atoms with Crippen molar-refractivity contribution >= 4 is 17.8 Å². The second-order valence-electron chi connectivity index (χ2n) is 7.86. The van der Waals surface area contributed by atoms with Gasteiger partial charge in [-0.15, -0.1) is 0 Å². The van der Waals surface area contributed by atoms with Crippen LogP contribution in [0.5, 0.6) is 0 Å². The molecule has 2 aromatic rings. The lowest BCUT2D eigenvalue weighted by molar-refractivity contribution is -0.176. The van der Waals surface area contributed by atoms with Crippen molar-refractivity contribution < 1.29 is 28.6 Å². The van der Waals surface area contributed by atoms with E-state index in [1.807, 2.05) is 60.7 Å². The Morgan fingerprint density at radius 1 is 0.844 bits per heavy atom. The van der Waals surface area contributed by atoms with Gasteiger partial charge in [0, 0.05) is 6.54 Å². The van der Waals surface area contributed by atoms with Crippen molar-refractivity contribution in [1.29, 1.82) is 0 Å². The van der Waals surface area contributed by atoms with Gasteiger partial charge in [-0.3, -0.25) is 14.4 Å². The standard InChI is InChI=1S/C25H25NO6/c1-30-24(28)20-18-13-19(32-15-17-11-7-4-8-12-17)22(21(20)25(29)31-2)26(23(18)27)14-16-9-5-3-6-10-16/h3-13,18,20-22H,14-15H2,1-2H3/t18-,20-,21+,22+/m1/s1. The first kappa shape index (κ1) is 21.6. The van der Waals surface area contributed by atoms with E-state index < -0.39 is 35.7 Å². The van der Waals surface area contributed by atoms with Crippen LogP contribution in [-0.2, 0) is 41.7 Å². The third-order valence-corrected chi connectivity index (χ3v) is 6.04. The first-order valence-corrected chi connectivity index (χ1v) is 10.4. The number of ether oxygens (including phenoxy) is 3. The minimum atomic E-state index is -0.957. The maximum Gasteiger partial charge on any atom is 0.312 e. The second-order valence-corrected chi connectivity index (χ2v) is 7.86. The summed E-state index contributed by atoms with van der Waals surface area (Å²) in [5.41, 5.74) is 1.86. The van der Waals surface area contributed by atoms with E-state index in [0.29, 0.717) is 5.76 Å². The van der Waals surface area contributed by atoms with Crippen molar-refractivity contribution in [2.45, 2.75) is 19.2 Å². The molecule has 1 aliphatic carbocycles. The summed E-state index contributed by atoms with van der Waals surface area (Å²) in [4.78, 5) is 40.5. The topological polar surface area (TPSA) is 82.1 Å². The zero-order chi connectivity index (χ0) is 22.7. The van der Waals surface area contributed by atoms with Crippen molar-refractivity contribution in [2.24, 2.45) is 17.8 Å². The van der Waals surface area contributed by atoms with E-state index in [1.54, 1.807) is 11.0 Å². The molecule has 5 rings (SSSR count). The SMILES string of the molecule is COC(=O)[C@H]1[C@H](C(=O)OC)[C@@H]2C(OCc3ccccc3)=C[C@H]1C(=O)N2Cc1ccccc1. The number of piperidine rings is 1. The highest BCUT2D eigenvalue weighted by atomic mass is 16.5. The van der Waals surface area contributed by atoms with Gasteiger partial charge in [0.1, 0.15) is 18.4 Å². The minimum Gasteiger partial charge on any atom is -0.491 e. The highest BCUT2D eigenvalue weighted by molar-refractivity contribution is 5.95. The molecule has 2 aliphatic heterocycles. The van der Waals surface area contributed by atoms with Crippen molar-refractivity contribution in [3.63, 3.8) is 0 Å². The molecule has 3 aliphatic rings. The molecule has 7 heteroatoms. The van der Waals surface area contributed by atoms with Gasteiger partial charge in [-0.2, -0.15) is 0 Å². The Balaban J connectivity index is 1.72. The van der Waals surface area contributed by atoms with E-state index in [-0.39, 0.29) is 19.1 Å². The van der Waals surface area contributed by atoms with Crippen LogP contribution in [0.4, 0.5) is 0 Å². The lowest BCUT2D eigenvalue weighted by Crippen LogP contribution is -2.63. The summed E-state index contributed by atoms with van der Waals surface area (Å²) >= 11 is 0. The molecule has 0 saturated carbocycles. The molecule has 1 amide bonds. The number of rotatable bonds is 7. The molecule has 7 nitrogen and oxygen atoms in total. The Morgan fingerprint density at radius 2 is 1.41 bits per heavy atom. The smallest absolute Gasteiger partial charge is 0.312 e. The molecule has 0 N–H and O–H groups in total. The summed E-state index contributed by atoms with van der Waals surface area (Å²) in [6.07, 6.45) is 1.67. The Kier molecular flexibility index (Phi) is 6.25. The van der Waals surface area contributed by atoms with Gasteiger partial charge in [0.25, 0.3) is 0 Å². The zero-order valence-electron chi connectivity index (χ0n) is 18.0. The monoisotopic (exact) mass is 435 g/mol. The van der Waals surface area contributed by atoms with Crippen LogP contribution in [-0.4, -0.2) is 43.0 Å². The van der Waals surface area contributed by atoms with E-state index in [9.17, 15) is 14.4 Å². The van der Waals surface area contributed by atoms with Crippen LogP contribution < -0.4 is 0 Å². The Bertz CT molecular complexity index is 1020. The number of methoxy groups -OCH3 is 2. The summed E-state index contributed by atoms with van der Waals surface area (Å²) in [5, 5.41) is 0. The molecule has 0 radical (unpaired) electrons. The third-order valence-electron chi connectivity index (χ3n) is 6.04. The molecule has 2 heterocycles. The maximum atomic E-state index is 13.4. The van der Waals surface area contributed by atoms with Gasteiger partial charge in [0.05, 0.1) is 32.0 Å². The highest BCUT2D eigenvalue weighted by Gasteiger charge is 2.59. The van der Waals surface area contributed by atoms with Crippen molar-refractivity contribution in [2.75, 3.05) is 14.2 Å². The first-order valence-electron chi connectivity index (χ1n) is 10.4. The third kappa shape index (κ3) is 3.98. The summed E-state index contributed by atoms with van der Waals surface area (Å²) in [7, 11) is 2.53. The van der Waals surface area contributed by atoms with Gasteiger partial charge in [-0.1, -0.05) is 60.7 Å². The van der Waals surface area contributed by atoms with Crippen LogP contribution >= 0.6 is 0 Å². The molecule has 0 aromatic heterocycles. The molecule has 2 aromatic carbocycles. The lowest BCUT2D eigenvalue weighted by atomic mass is 9.67. The predicted molar refractivity (Wildman–Crippen MR) is 115 cm³/mol. The predicted octanol–water partition coefficient (Wildman–Crippen LogP) is 2.71. The minimum absolute atomic E-state index is 0.235. The fourth-order valence-corrected chi connectivity index (χ4v) is 4.55. The van der Waals surface area contributed by atoms with Crippen LogP contribution in [0.15, 0.2) is 72.5 Å². The van der Waals surface area contributed by atoms with Crippen LogP contribution in [0.2, 0.25) is 0 Å². The Hall–Kier alpha value is -3.61. The van der Waals surface area contributed by atoms with Gasteiger partial charge in [-0.05, 0) is 17.2 Å². The maximum absolute atomic E-state index is 13.4. The molecule has 1 saturated heterocycles. The molecular formula is C25H25NO6. The van der Waals surface area contributed by atoms with Gasteiger partial charge in [0.2, 0.25) is 5.91 Å². The molecular weight excluding hydrogens is 410 g/mol. The van der Waals surface area contributed by atoms with Gasteiger partial charge in [0.15, 0.2) is 0 Å². The largest absolute Gasteiger partial charge is 0.491 e. The molecule has 2 bridgehead atoms. The van der Waals surface area contributed by atoms with Crippen LogP contribution in [0, 0.1) is 17.8 Å². The molecule has 0 spiro atoms. The molecule has 1 fully saturated rings. The summed E-state index contributed by atoms with van der Waals surface area (Å²) in [6, 6.07) is 18.3. The molecule has 0 unspecified atom stereocenters. The number of hydrogen-bond acceptors (Lipinski definition) is 6. The number of nitrogens with zero attached hydrogens (tertiary/aromatic N) is 1. The number of hydrogen-bond donors (Lipinski definition) is 0. The van der Waals surface area contributed by atoms with Crippen LogP contribution in [0.25, 0.3) is 0 Å². The number of carbonyl (C=O) groups is 3. The number of esters is 2. The second kappa shape index (κ2) is 9.26. The fraction of sp³-hybridized carbons (Fsp3) is 0.320. The first-order chi connectivity index (χ1) is 15.5. The lowest BCUT2D eigenvalue weighted by Gasteiger charge is -2.50. The van der Waals surface area contributed by atoms with Gasteiger partial charge in [-0.25, -0.2) is 0 Å². The summed E-state index contributed by atoms with van der Waals surface area (Å²) in [5.74, 6) is -3.68. The Labute approximate surface area is 186 Å². The van der Waals surface area contributed by atoms with Crippen LogP contribution in [0.3, 0.4) is 0 Å². The number of amides is 1. The van der Waals surface area contributed by atoms with E-state index in [0.717, 1.165) is 11.1 Å². The number of fused-ring (bicyclic) bond motifs is 2.